The first kappa shape index (κ1) is 12.4. The third-order valence-electron chi connectivity index (χ3n) is 1.08. The van der Waals surface area contributed by atoms with Crippen LogP contribution in [0.2, 0.25) is 0 Å². The minimum Gasteiger partial charge on any atom is -0.147 e. The van der Waals surface area contributed by atoms with E-state index in [1.807, 2.05) is 18.6 Å². The van der Waals surface area contributed by atoms with E-state index < -0.39 is 0 Å². The summed E-state index contributed by atoms with van der Waals surface area (Å²) in [5.41, 5.74) is 1.46. The third kappa shape index (κ3) is 3.41. The largest absolute Gasteiger partial charge is 0.147 e. The van der Waals surface area contributed by atoms with E-state index in [0.717, 1.165) is 0 Å². The van der Waals surface area contributed by atoms with Crippen LogP contribution in [0.1, 0.15) is 13.3 Å². The normalized spacial score (nSPS) is 14.9. The second-order valence-electron chi connectivity index (χ2n) is 1.68. The zero-order valence-corrected chi connectivity index (χ0v) is 9.21. The average Bonchev–Trinajstić information content (AvgIpc) is 1.91. The third-order valence-corrected chi connectivity index (χ3v) is 2.60. The minimum absolute atomic E-state index is 0. The molecule has 0 N–H and O–H groups in total. The number of hydrogen-bond acceptors (Lipinski definition) is 0. The van der Waals surface area contributed by atoms with Gasteiger partial charge in [0.1, 0.15) is 0 Å². The molecule has 0 aliphatic heterocycles. The molecule has 3 heteroatoms. The van der Waals surface area contributed by atoms with Crippen molar-refractivity contribution >= 4 is 24.8 Å². The summed E-state index contributed by atoms with van der Waals surface area (Å²) >= 11 is 1.99. The van der Waals surface area contributed by atoms with Gasteiger partial charge in [-0.05, 0) is 0 Å². The number of halogens is 2. The molecule has 0 heterocycles. The van der Waals surface area contributed by atoms with Crippen LogP contribution in [0.15, 0.2) is 21.9 Å². The molecule has 0 radical (unpaired) electrons. The van der Waals surface area contributed by atoms with Gasteiger partial charge in [0.05, 0.1) is 0 Å². The molecule has 0 aromatic carbocycles. The topological polar surface area (TPSA) is 0 Å². The Bertz CT molecular complexity index is 138. The number of allylic oxidation sites excluding steroid dienone is 4. The molecule has 0 aromatic rings. The minimum atomic E-state index is 0. The molecular formula is C6H9Cl2Os. The van der Waals surface area contributed by atoms with Crippen LogP contribution >= 0.6 is 24.8 Å². The molecular weight excluding hydrogens is 333 g/mol. The monoisotopic (exact) mass is 343 g/mol. The first-order chi connectivity index (χ1) is 3.30. The Morgan fingerprint density at radius 3 is 2.11 bits per heavy atom. The predicted octanol–water partition coefficient (Wildman–Crippen LogP) is 2.61. The smallest absolute Gasteiger partial charge is 0.147 e. The summed E-state index contributed by atoms with van der Waals surface area (Å²) < 4.78 is 1.54. The fourth-order valence-electron chi connectivity index (χ4n) is 0.586. The standard InChI is InChI=1S/C6H7.2ClH.Os/c1-6-4-2-3-5-6;;;/h2,4H,3H2,1H3;2*1H;. The Kier molecular flexibility index (Phi) is 7.54. The van der Waals surface area contributed by atoms with Crippen LogP contribution < -0.4 is 0 Å². The van der Waals surface area contributed by atoms with E-state index in [4.69, 9.17) is 0 Å². The van der Waals surface area contributed by atoms with Gasteiger partial charge in [-0.3, -0.25) is 0 Å². The molecule has 55 valence electrons. The Morgan fingerprint density at radius 2 is 2.00 bits per heavy atom. The van der Waals surface area contributed by atoms with Gasteiger partial charge in [0.25, 0.3) is 0 Å². The van der Waals surface area contributed by atoms with Crippen molar-refractivity contribution in [3.63, 3.8) is 0 Å². The van der Waals surface area contributed by atoms with E-state index in [-0.39, 0.29) is 24.8 Å². The Hall–Kier alpha value is 0.696. The van der Waals surface area contributed by atoms with Crippen molar-refractivity contribution in [2.24, 2.45) is 0 Å². The molecule has 0 nitrogen and oxygen atoms in total. The van der Waals surface area contributed by atoms with Crippen molar-refractivity contribution in [3.8, 4) is 0 Å². The maximum absolute atomic E-state index is 2.21. The molecule has 0 amide bonds. The molecule has 1 aliphatic carbocycles. The van der Waals surface area contributed by atoms with Crippen molar-refractivity contribution in [1.82, 2.24) is 0 Å². The SMILES string of the molecule is CC1=[C]([Os])CC=C1.Cl.Cl. The van der Waals surface area contributed by atoms with Crippen molar-refractivity contribution in [3.05, 3.63) is 21.9 Å². The van der Waals surface area contributed by atoms with Crippen molar-refractivity contribution in [2.45, 2.75) is 13.3 Å². The Balaban J connectivity index is 0. The molecule has 1 aliphatic rings. The number of rotatable bonds is 0. The van der Waals surface area contributed by atoms with Crippen LogP contribution in [0, 0.1) is 0 Å². The molecule has 9 heavy (non-hydrogen) atoms. The van der Waals surface area contributed by atoms with E-state index in [9.17, 15) is 0 Å². The molecule has 0 saturated heterocycles. The van der Waals surface area contributed by atoms with E-state index >= 15 is 0 Å². The van der Waals surface area contributed by atoms with Crippen LogP contribution in [-0.2, 0) is 18.6 Å². The Labute approximate surface area is 78.5 Å². The molecule has 0 aromatic heterocycles. The van der Waals surface area contributed by atoms with Crippen molar-refractivity contribution in [1.29, 1.82) is 0 Å². The molecule has 0 saturated carbocycles. The maximum atomic E-state index is 2.21. The fourth-order valence-corrected chi connectivity index (χ4v) is 1.10. The summed E-state index contributed by atoms with van der Waals surface area (Å²) in [5, 5.41) is 0. The predicted molar refractivity (Wildman–Crippen MR) is 41.0 cm³/mol. The van der Waals surface area contributed by atoms with Crippen molar-refractivity contribution < 1.29 is 18.6 Å². The van der Waals surface area contributed by atoms with Crippen LogP contribution in [0.3, 0.4) is 0 Å². The summed E-state index contributed by atoms with van der Waals surface area (Å²) in [6, 6.07) is 0. The first-order valence-corrected chi connectivity index (χ1v) is 3.58. The molecule has 1 rings (SSSR count). The zero-order chi connectivity index (χ0) is 5.28. The van der Waals surface area contributed by atoms with Crippen LogP contribution in [0.5, 0.6) is 0 Å². The van der Waals surface area contributed by atoms with Crippen LogP contribution in [0.25, 0.3) is 0 Å². The molecule has 0 bridgehead atoms. The summed E-state index contributed by atoms with van der Waals surface area (Å²) in [7, 11) is 0. The molecule has 0 fully saturated rings. The van der Waals surface area contributed by atoms with Gasteiger partial charge in [-0.1, -0.05) is 0 Å². The summed E-state index contributed by atoms with van der Waals surface area (Å²) in [6.45, 7) is 2.16. The van der Waals surface area contributed by atoms with Crippen LogP contribution in [-0.4, -0.2) is 0 Å². The molecule has 0 spiro atoms. The number of hydrogen-bond donors (Lipinski definition) is 0. The Morgan fingerprint density at radius 1 is 1.44 bits per heavy atom. The van der Waals surface area contributed by atoms with E-state index in [0.29, 0.717) is 0 Å². The summed E-state index contributed by atoms with van der Waals surface area (Å²) in [6.07, 6.45) is 5.57. The van der Waals surface area contributed by atoms with Gasteiger partial charge in [0.2, 0.25) is 0 Å². The fraction of sp³-hybridized carbons (Fsp3) is 0.333. The van der Waals surface area contributed by atoms with Crippen LogP contribution in [0.4, 0.5) is 0 Å². The van der Waals surface area contributed by atoms with Gasteiger partial charge in [0, 0.05) is 0 Å². The van der Waals surface area contributed by atoms with Gasteiger partial charge < -0.3 is 0 Å². The first-order valence-electron chi connectivity index (χ1n) is 2.31. The van der Waals surface area contributed by atoms with Gasteiger partial charge >= 0.3 is 53.8 Å². The zero-order valence-electron chi connectivity index (χ0n) is 5.03. The van der Waals surface area contributed by atoms with Gasteiger partial charge in [-0.15, -0.1) is 24.8 Å². The van der Waals surface area contributed by atoms with Gasteiger partial charge in [-0.2, -0.15) is 0 Å². The summed E-state index contributed by atoms with van der Waals surface area (Å²) in [4.78, 5) is 0. The quantitative estimate of drug-likeness (QED) is 0.635. The molecule has 0 unspecified atom stereocenters. The van der Waals surface area contributed by atoms with Gasteiger partial charge in [0.15, 0.2) is 0 Å². The van der Waals surface area contributed by atoms with Crippen molar-refractivity contribution in [2.75, 3.05) is 0 Å². The average molecular weight is 342 g/mol. The van der Waals surface area contributed by atoms with E-state index in [1.54, 1.807) is 4.13 Å². The second kappa shape index (κ2) is 5.48. The van der Waals surface area contributed by atoms with Gasteiger partial charge in [-0.25, -0.2) is 0 Å². The second-order valence-corrected chi connectivity index (χ2v) is 3.21. The van der Waals surface area contributed by atoms with E-state index in [1.165, 1.54) is 12.0 Å². The summed E-state index contributed by atoms with van der Waals surface area (Å²) in [5.74, 6) is 0. The van der Waals surface area contributed by atoms with E-state index in [2.05, 4.69) is 19.1 Å². The molecule has 0 atom stereocenters. The maximum Gasteiger partial charge on any atom is -0.147 e.